The van der Waals surface area contributed by atoms with Gasteiger partial charge in [0.15, 0.2) is 6.23 Å². The third-order valence-corrected chi connectivity index (χ3v) is 3.46. The Labute approximate surface area is 92.3 Å². The van der Waals surface area contributed by atoms with Crippen LogP contribution in [-0.4, -0.2) is 23.1 Å². The highest BCUT2D eigenvalue weighted by Gasteiger charge is 2.28. The zero-order valence-electron chi connectivity index (χ0n) is 7.68. The van der Waals surface area contributed by atoms with Crippen molar-refractivity contribution in [3.63, 3.8) is 0 Å². The smallest absolute Gasteiger partial charge is 0.175 e. The number of ether oxygens (including phenoxy) is 1. The minimum Gasteiger partial charge on any atom is -0.357 e. The van der Waals surface area contributed by atoms with Crippen LogP contribution in [0.3, 0.4) is 0 Å². The first-order chi connectivity index (χ1) is 6.81. The van der Waals surface area contributed by atoms with Gasteiger partial charge in [-0.2, -0.15) is 0 Å². The normalized spacial score (nSPS) is 26.3. The number of hydrogen-bond donors (Lipinski definition) is 0. The average Bonchev–Trinajstić information content (AvgIpc) is 2.61. The number of rotatable bonds is 2. The van der Waals surface area contributed by atoms with Gasteiger partial charge in [0.25, 0.3) is 0 Å². The summed E-state index contributed by atoms with van der Waals surface area (Å²) in [5.41, 5.74) is 1.10. The Balaban J connectivity index is 2.22. The highest BCUT2D eigenvalue weighted by Crippen LogP contribution is 2.33. The molecule has 0 aromatic heterocycles. The monoisotopic (exact) mass is 227 g/mol. The van der Waals surface area contributed by atoms with E-state index in [4.69, 9.17) is 16.3 Å². The lowest BCUT2D eigenvalue weighted by atomic mass is 10.2. The Morgan fingerprint density at radius 2 is 2.07 bits per heavy atom. The maximum Gasteiger partial charge on any atom is 0.175 e. The maximum absolute atomic E-state index is 6.05. The molecule has 0 radical (unpaired) electrons. The number of thioether (sulfide) groups is 1. The van der Waals surface area contributed by atoms with Gasteiger partial charge in [0.2, 0.25) is 0 Å². The second-order valence-electron chi connectivity index (χ2n) is 2.90. The van der Waals surface area contributed by atoms with Gasteiger partial charge in [-0.15, -0.1) is 11.6 Å². The second-order valence-corrected chi connectivity index (χ2v) is 4.75. The summed E-state index contributed by atoms with van der Waals surface area (Å²) in [5.74, 6) is 0. The van der Waals surface area contributed by atoms with Gasteiger partial charge in [0.05, 0.1) is 0 Å². The van der Waals surface area contributed by atoms with Gasteiger partial charge < -0.3 is 4.74 Å². The number of benzene rings is 1. The summed E-state index contributed by atoms with van der Waals surface area (Å²) < 4.78 is 5.02. The molecule has 0 saturated heterocycles. The van der Waals surface area contributed by atoms with Crippen LogP contribution in [-0.2, 0) is 4.74 Å². The number of halogens is 1. The molecule has 0 N–H and O–H groups in total. The van der Waals surface area contributed by atoms with Crippen molar-refractivity contribution in [2.24, 2.45) is 4.99 Å². The molecule has 14 heavy (non-hydrogen) atoms. The van der Waals surface area contributed by atoms with E-state index in [2.05, 4.69) is 4.99 Å². The molecule has 0 bridgehead atoms. The molecule has 2 rings (SSSR count). The van der Waals surface area contributed by atoms with Gasteiger partial charge in [-0.25, -0.2) is 4.99 Å². The molecule has 1 aliphatic heterocycles. The molecule has 2 nitrogen and oxygen atoms in total. The highest BCUT2D eigenvalue weighted by atomic mass is 35.5. The van der Waals surface area contributed by atoms with Crippen molar-refractivity contribution in [1.82, 2.24) is 0 Å². The van der Waals surface area contributed by atoms with E-state index >= 15 is 0 Å². The number of nitrogens with zero attached hydrogens (tertiary/aromatic N) is 1. The number of methoxy groups -OCH3 is 1. The molecular formula is C10H10ClNOS. The molecule has 1 heterocycles. The first kappa shape index (κ1) is 10.0. The van der Waals surface area contributed by atoms with Crippen LogP contribution in [0.15, 0.2) is 35.3 Å². The van der Waals surface area contributed by atoms with Gasteiger partial charge in [-0.1, -0.05) is 42.1 Å². The molecule has 1 aliphatic rings. The third-order valence-electron chi connectivity index (χ3n) is 1.96. The Morgan fingerprint density at radius 1 is 1.36 bits per heavy atom. The van der Waals surface area contributed by atoms with Crippen molar-refractivity contribution in [3.8, 4) is 0 Å². The van der Waals surface area contributed by atoms with E-state index in [1.165, 1.54) is 0 Å². The quantitative estimate of drug-likeness (QED) is 0.725. The molecule has 2 unspecified atom stereocenters. The molecule has 2 atom stereocenters. The lowest BCUT2D eigenvalue weighted by molar-refractivity contribution is 0.125. The van der Waals surface area contributed by atoms with Crippen LogP contribution in [0, 0.1) is 0 Å². The number of hydrogen-bond acceptors (Lipinski definition) is 3. The molecule has 1 aromatic rings. The summed E-state index contributed by atoms with van der Waals surface area (Å²) in [4.78, 5) is 4.38. The summed E-state index contributed by atoms with van der Waals surface area (Å²) in [6, 6.07) is 10.0. The predicted octanol–water partition coefficient (Wildman–Crippen LogP) is 2.72. The van der Waals surface area contributed by atoms with Crippen LogP contribution in [0.1, 0.15) is 5.56 Å². The van der Waals surface area contributed by atoms with Crippen LogP contribution >= 0.6 is 23.4 Å². The Bertz CT molecular complexity index is 341. The van der Waals surface area contributed by atoms with Gasteiger partial charge in [0, 0.05) is 12.7 Å². The summed E-state index contributed by atoms with van der Waals surface area (Å²) in [6.45, 7) is 0. The minimum atomic E-state index is -0.225. The van der Waals surface area contributed by atoms with E-state index in [1.54, 1.807) is 18.9 Å². The van der Waals surface area contributed by atoms with E-state index in [1.807, 2.05) is 30.3 Å². The van der Waals surface area contributed by atoms with E-state index < -0.39 is 0 Å². The van der Waals surface area contributed by atoms with Crippen molar-refractivity contribution < 1.29 is 4.74 Å². The molecule has 1 aromatic carbocycles. The predicted molar refractivity (Wildman–Crippen MR) is 61.0 cm³/mol. The largest absolute Gasteiger partial charge is 0.357 e. The standard InChI is InChI=1S/C10H10ClNOS/c1-13-9-8(11)14-10(12-9)7-5-3-2-4-6-7/h2-6,8-9H,1H3. The molecule has 0 spiro atoms. The average molecular weight is 228 g/mol. The Morgan fingerprint density at radius 3 is 2.64 bits per heavy atom. The van der Waals surface area contributed by atoms with E-state index in [-0.39, 0.29) is 10.9 Å². The first-order valence-corrected chi connectivity index (χ1v) is 5.59. The summed E-state index contributed by atoms with van der Waals surface area (Å²) in [5, 5.41) is 0.956. The van der Waals surface area contributed by atoms with Gasteiger partial charge in [0.1, 0.15) is 9.75 Å². The van der Waals surface area contributed by atoms with Crippen LogP contribution in [0.4, 0.5) is 0 Å². The van der Waals surface area contributed by atoms with Gasteiger partial charge in [-0.05, 0) is 0 Å². The summed E-state index contributed by atoms with van der Waals surface area (Å²) in [7, 11) is 1.62. The van der Waals surface area contributed by atoms with Gasteiger partial charge in [-0.3, -0.25) is 0 Å². The fourth-order valence-electron chi connectivity index (χ4n) is 1.25. The van der Waals surface area contributed by atoms with Crippen molar-refractivity contribution >= 4 is 28.4 Å². The minimum absolute atomic E-state index is 0.116. The number of aliphatic imine (C=N–C) groups is 1. The molecule has 0 fully saturated rings. The second kappa shape index (κ2) is 4.34. The Kier molecular flexibility index (Phi) is 3.11. The molecule has 0 saturated carbocycles. The van der Waals surface area contributed by atoms with E-state index in [0.29, 0.717) is 0 Å². The zero-order chi connectivity index (χ0) is 9.97. The fraction of sp³-hybridized carbons (Fsp3) is 0.300. The van der Waals surface area contributed by atoms with Gasteiger partial charge >= 0.3 is 0 Å². The lowest BCUT2D eigenvalue weighted by Crippen LogP contribution is -2.12. The lowest BCUT2D eigenvalue weighted by Gasteiger charge is -2.06. The van der Waals surface area contributed by atoms with Crippen LogP contribution < -0.4 is 0 Å². The Hall–Kier alpha value is -0.510. The van der Waals surface area contributed by atoms with E-state index in [9.17, 15) is 0 Å². The fourth-order valence-corrected chi connectivity index (χ4v) is 2.60. The third kappa shape index (κ3) is 1.95. The molecule has 0 aliphatic carbocycles. The molecular weight excluding hydrogens is 218 g/mol. The SMILES string of the molecule is COC1N=C(c2ccccc2)SC1Cl. The number of alkyl halides is 1. The molecule has 4 heteroatoms. The van der Waals surface area contributed by atoms with Crippen molar-refractivity contribution in [1.29, 1.82) is 0 Å². The first-order valence-electron chi connectivity index (χ1n) is 4.28. The molecule has 0 amide bonds. The highest BCUT2D eigenvalue weighted by molar-refractivity contribution is 8.16. The van der Waals surface area contributed by atoms with Crippen molar-refractivity contribution in [3.05, 3.63) is 35.9 Å². The van der Waals surface area contributed by atoms with Crippen LogP contribution in [0.5, 0.6) is 0 Å². The van der Waals surface area contributed by atoms with E-state index in [0.717, 1.165) is 10.6 Å². The summed E-state index contributed by atoms with van der Waals surface area (Å²) in [6.07, 6.45) is -0.225. The van der Waals surface area contributed by atoms with Crippen LogP contribution in [0.2, 0.25) is 0 Å². The summed E-state index contributed by atoms with van der Waals surface area (Å²) >= 11 is 7.59. The maximum atomic E-state index is 6.05. The van der Waals surface area contributed by atoms with Crippen molar-refractivity contribution in [2.45, 2.75) is 10.9 Å². The zero-order valence-corrected chi connectivity index (χ0v) is 9.26. The van der Waals surface area contributed by atoms with Crippen LogP contribution in [0.25, 0.3) is 0 Å². The topological polar surface area (TPSA) is 21.6 Å². The molecule has 74 valence electrons. The van der Waals surface area contributed by atoms with Crippen molar-refractivity contribution in [2.75, 3.05) is 7.11 Å².